The number of thiazole rings is 1. The van der Waals surface area contributed by atoms with Crippen molar-refractivity contribution in [3.63, 3.8) is 0 Å². The minimum Gasteiger partial charge on any atom is -0.427 e. The van der Waals surface area contributed by atoms with Crippen molar-refractivity contribution in [3.8, 4) is 5.75 Å². The molecule has 0 radical (unpaired) electrons. The smallest absolute Gasteiger partial charge is 0.308 e. The Morgan fingerprint density at radius 3 is 2.28 bits per heavy atom. The van der Waals surface area contributed by atoms with E-state index in [0.717, 1.165) is 13.1 Å². The molecule has 4 rings (SSSR count). The normalized spacial score (nSPS) is 17.7. The molecule has 3 heterocycles. The molecule has 0 unspecified atom stereocenters. The number of esters is 1. The molecule has 2 aliphatic rings. The van der Waals surface area contributed by atoms with Gasteiger partial charge in [-0.05, 0) is 24.3 Å². The molecule has 0 aliphatic carbocycles. The van der Waals surface area contributed by atoms with Crippen LogP contribution in [-0.2, 0) is 4.79 Å². The van der Waals surface area contributed by atoms with Crippen molar-refractivity contribution in [1.29, 1.82) is 0 Å². The van der Waals surface area contributed by atoms with E-state index in [-0.39, 0.29) is 17.8 Å². The Balaban J connectivity index is 1.24. The van der Waals surface area contributed by atoms with Gasteiger partial charge in [0.05, 0.1) is 0 Å². The van der Waals surface area contributed by atoms with Crippen LogP contribution in [0.1, 0.15) is 27.1 Å². The fraction of sp³-hybridized carbons (Fsp3) is 0.400. The number of likely N-dealkylation sites (tertiary alicyclic amines) is 1. The van der Waals surface area contributed by atoms with Crippen molar-refractivity contribution in [3.05, 3.63) is 46.4 Å². The zero-order chi connectivity index (χ0) is 20.4. The Kier molecular flexibility index (Phi) is 5.59. The summed E-state index contributed by atoms with van der Waals surface area (Å²) in [6.45, 7) is 5.69. The minimum atomic E-state index is -0.386. The van der Waals surface area contributed by atoms with Crippen LogP contribution >= 0.6 is 11.3 Å². The van der Waals surface area contributed by atoms with Gasteiger partial charge in [-0.15, -0.1) is 11.3 Å². The Labute approximate surface area is 172 Å². The van der Waals surface area contributed by atoms with Gasteiger partial charge >= 0.3 is 5.97 Å². The number of piperazine rings is 1. The van der Waals surface area contributed by atoms with Crippen molar-refractivity contribution >= 4 is 29.1 Å². The lowest BCUT2D eigenvalue weighted by molar-refractivity contribution is -0.131. The fourth-order valence-corrected chi connectivity index (χ4v) is 4.22. The van der Waals surface area contributed by atoms with E-state index in [1.807, 2.05) is 15.2 Å². The van der Waals surface area contributed by atoms with Gasteiger partial charge in [-0.1, -0.05) is 0 Å². The lowest BCUT2D eigenvalue weighted by Crippen LogP contribution is -2.64. The number of carbonyl (C=O) groups is 3. The number of hydrogen-bond acceptors (Lipinski definition) is 7. The molecule has 2 amide bonds. The van der Waals surface area contributed by atoms with Crippen LogP contribution in [0.5, 0.6) is 5.75 Å². The van der Waals surface area contributed by atoms with E-state index in [9.17, 15) is 14.4 Å². The predicted octanol–water partition coefficient (Wildman–Crippen LogP) is 1.35. The first-order valence-electron chi connectivity index (χ1n) is 9.52. The summed E-state index contributed by atoms with van der Waals surface area (Å²) in [6, 6.07) is 6.94. The van der Waals surface area contributed by atoms with Crippen LogP contribution in [0.2, 0.25) is 0 Å². The van der Waals surface area contributed by atoms with Crippen LogP contribution < -0.4 is 4.74 Å². The molecule has 2 fully saturated rings. The van der Waals surface area contributed by atoms with Crippen LogP contribution in [-0.4, -0.2) is 82.8 Å². The molecule has 9 heteroatoms. The fourth-order valence-electron chi connectivity index (χ4n) is 3.62. The Morgan fingerprint density at radius 2 is 1.69 bits per heavy atom. The van der Waals surface area contributed by atoms with E-state index < -0.39 is 0 Å². The lowest BCUT2D eigenvalue weighted by Gasteiger charge is -2.48. The standard InChI is InChI=1S/C20H22N4O4S/c1-14(25)28-17-4-2-15(3-5-17)19(26)24-12-16(13-24)22-7-9-23(10-8-22)20(27)18-21-6-11-29-18/h2-6,11,16H,7-10,12-13H2,1H3. The van der Waals surface area contributed by atoms with Crippen molar-refractivity contribution in [2.75, 3.05) is 39.3 Å². The van der Waals surface area contributed by atoms with E-state index in [0.29, 0.717) is 48.5 Å². The van der Waals surface area contributed by atoms with E-state index in [4.69, 9.17) is 4.74 Å². The molecular formula is C20H22N4O4S. The van der Waals surface area contributed by atoms with E-state index in [1.165, 1.54) is 18.3 Å². The van der Waals surface area contributed by atoms with Crippen LogP contribution in [0.15, 0.2) is 35.8 Å². The van der Waals surface area contributed by atoms with E-state index >= 15 is 0 Å². The Hall–Kier alpha value is -2.78. The quantitative estimate of drug-likeness (QED) is 0.555. The zero-order valence-corrected chi connectivity index (χ0v) is 16.9. The number of nitrogens with zero attached hydrogens (tertiary/aromatic N) is 4. The summed E-state index contributed by atoms with van der Waals surface area (Å²) >= 11 is 1.37. The van der Waals surface area contributed by atoms with E-state index in [2.05, 4.69) is 9.88 Å². The first-order valence-corrected chi connectivity index (χ1v) is 10.4. The average Bonchev–Trinajstić information content (AvgIpc) is 3.21. The van der Waals surface area contributed by atoms with Gasteiger partial charge in [0.25, 0.3) is 11.8 Å². The van der Waals surface area contributed by atoms with Gasteiger partial charge in [0, 0.05) is 69.4 Å². The highest BCUT2D eigenvalue weighted by molar-refractivity contribution is 7.11. The number of rotatable bonds is 4. The first kappa shape index (κ1) is 19.5. The van der Waals surface area contributed by atoms with Gasteiger partial charge in [-0.3, -0.25) is 19.3 Å². The SMILES string of the molecule is CC(=O)Oc1ccc(C(=O)N2CC(N3CCN(C(=O)c4nccs4)CC3)C2)cc1. The van der Waals surface area contributed by atoms with Crippen LogP contribution in [0.4, 0.5) is 0 Å². The van der Waals surface area contributed by atoms with Crippen LogP contribution in [0, 0.1) is 0 Å². The number of aromatic nitrogens is 1. The van der Waals surface area contributed by atoms with Gasteiger partial charge in [-0.25, -0.2) is 4.98 Å². The van der Waals surface area contributed by atoms with Gasteiger partial charge in [0.1, 0.15) is 5.75 Å². The van der Waals surface area contributed by atoms with Crippen molar-refractivity contribution in [2.24, 2.45) is 0 Å². The topological polar surface area (TPSA) is 83.1 Å². The largest absolute Gasteiger partial charge is 0.427 e. The molecule has 2 aliphatic heterocycles. The monoisotopic (exact) mass is 414 g/mol. The number of carbonyl (C=O) groups excluding carboxylic acids is 3. The molecule has 0 N–H and O–H groups in total. The van der Waals surface area contributed by atoms with Crippen LogP contribution in [0.25, 0.3) is 0 Å². The van der Waals surface area contributed by atoms with Gasteiger partial charge < -0.3 is 14.5 Å². The average molecular weight is 414 g/mol. The zero-order valence-electron chi connectivity index (χ0n) is 16.1. The third-order valence-electron chi connectivity index (χ3n) is 5.25. The molecule has 2 aromatic rings. The second kappa shape index (κ2) is 8.30. The third kappa shape index (κ3) is 4.30. The van der Waals surface area contributed by atoms with E-state index in [1.54, 1.807) is 30.5 Å². The van der Waals surface area contributed by atoms with Crippen molar-refractivity contribution in [2.45, 2.75) is 13.0 Å². The molecule has 1 aromatic carbocycles. The highest BCUT2D eigenvalue weighted by Gasteiger charge is 2.37. The molecule has 0 bridgehead atoms. The molecule has 0 saturated carbocycles. The molecule has 8 nitrogen and oxygen atoms in total. The highest BCUT2D eigenvalue weighted by Crippen LogP contribution is 2.21. The molecular weight excluding hydrogens is 392 g/mol. The van der Waals surface area contributed by atoms with Crippen molar-refractivity contribution < 1.29 is 19.1 Å². The molecule has 2 saturated heterocycles. The van der Waals surface area contributed by atoms with Gasteiger partial charge in [0.15, 0.2) is 5.01 Å². The summed E-state index contributed by atoms with van der Waals surface area (Å²) in [5, 5.41) is 2.35. The second-order valence-electron chi connectivity index (χ2n) is 7.15. The predicted molar refractivity (Wildman–Crippen MR) is 107 cm³/mol. The molecule has 0 spiro atoms. The molecule has 1 aromatic heterocycles. The highest BCUT2D eigenvalue weighted by atomic mass is 32.1. The maximum Gasteiger partial charge on any atom is 0.308 e. The summed E-state index contributed by atoms with van der Waals surface area (Å²) < 4.78 is 4.99. The summed E-state index contributed by atoms with van der Waals surface area (Å²) in [5.41, 5.74) is 0.582. The van der Waals surface area contributed by atoms with Gasteiger partial charge in [-0.2, -0.15) is 0 Å². The number of hydrogen-bond donors (Lipinski definition) is 0. The number of amides is 2. The maximum atomic E-state index is 12.6. The summed E-state index contributed by atoms with van der Waals surface area (Å²) in [7, 11) is 0. The lowest BCUT2D eigenvalue weighted by atomic mass is 10.0. The first-order chi connectivity index (χ1) is 14.0. The number of benzene rings is 1. The van der Waals surface area contributed by atoms with Gasteiger partial charge in [0.2, 0.25) is 0 Å². The third-order valence-corrected chi connectivity index (χ3v) is 6.01. The minimum absolute atomic E-state index is 0.00210. The Bertz CT molecular complexity index is 886. The molecule has 0 atom stereocenters. The molecule has 152 valence electrons. The van der Waals surface area contributed by atoms with Crippen LogP contribution in [0.3, 0.4) is 0 Å². The summed E-state index contributed by atoms with van der Waals surface area (Å²) in [6.07, 6.45) is 1.65. The molecule has 29 heavy (non-hydrogen) atoms. The maximum absolute atomic E-state index is 12.6. The summed E-state index contributed by atoms with van der Waals surface area (Å²) in [4.78, 5) is 46.1. The summed E-state index contributed by atoms with van der Waals surface area (Å²) in [5.74, 6) is 0.0271. The van der Waals surface area contributed by atoms with Crippen molar-refractivity contribution in [1.82, 2.24) is 19.7 Å². The Morgan fingerprint density at radius 1 is 1.00 bits per heavy atom. The second-order valence-corrected chi connectivity index (χ2v) is 8.04. The number of ether oxygens (including phenoxy) is 1.